The summed E-state index contributed by atoms with van der Waals surface area (Å²) < 4.78 is 5.64. The monoisotopic (exact) mass is 624 g/mol. The van der Waals surface area contributed by atoms with Gasteiger partial charge in [0.05, 0.1) is 21.9 Å². The molecular formula is C47H32N2+2. The van der Waals surface area contributed by atoms with E-state index in [1.54, 1.807) is 0 Å². The minimum Gasteiger partial charge on any atom is -0.131 e. The van der Waals surface area contributed by atoms with E-state index in [2.05, 4.69) is 167 Å². The van der Waals surface area contributed by atoms with Crippen LogP contribution in [0.4, 0.5) is 0 Å². The van der Waals surface area contributed by atoms with Crippen LogP contribution in [0.1, 0.15) is 52.1 Å². The van der Waals surface area contributed by atoms with Gasteiger partial charge < -0.3 is 0 Å². The Balaban J connectivity index is 1.40. The van der Waals surface area contributed by atoms with E-state index in [4.69, 9.17) is 0 Å². The largest absolute Gasteiger partial charge is 0.360 e. The zero-order valence-corrected chi connectivity index (χ0v) is 27.0. The molecule has 0 saturated heterocycles. The maximum Gasteiger partial charge on any atom is 0.360 e. The second kappa shape index (κ2) is 9.18. The number of fused-ring (bicyclic) bond motifs is 16. The number of hydrogen-bond acceptors (Lipinski definition) is 0. The third-order valence-corrected chi connectivity index (χ3v) is 12.2. The molecular weight excluding hydrogens is 593 g/mol. The molecule has 0 bridgehead atoms. The summed E-state index contributed by atoms with van der Waals surface area (Å²) in [5, 5.41) is 5.23. The molecule has 2 atom stereocenters. The summed E-state index contributed by atoms with van der Waals surface area (Å²) in [5.74, 6) is 0.301. The lowest BCUT2D eigenvalue weighted by Crippen LogP contribution is -2.73. The van der Waals surface area contributed by atoms with Crippen molar-refractivity contribution >= 4 is 21.5 Å². The van der Waals surface area contributed by atoms with Gasteiger partial charge in [-0.25, -0.2) is 0 Å². The summed E-state index contributed by atoms with van der Waals surface area (Å²) in [5.41, 5.74) is 16.0. The van der Waals surface area contributed by atoms with Gasteiger partial charge in [0.2, 0.25) is 22.8 Å². The molecule has 3 aliphatic heterocycles. The Hall–Kier alpha value is -5.86. The summed E-state index contributed by atoms with van der Waals surface area (Å²) >= 11 is 0. The molecule has 1 aliphatic carbocycles. The van der Waals surface area contributed by atoms with Gasteiger partial charge >= 0.3 is 6.17 Å². The summed E-state index contributed by atoms with van der Waals surface area (Å²) in [4.78, 5) is 0. The van der Waals surface area contributed by atoms with Gasteiger partial charge in [0.15, 0.2) is 5.41 Å². The van der Waals surface area contributed by atoms with Crippen molar-refractivity contribution in [2.24, 2.45) is 0 Å². The molecule has 2 nitrogen and oxygen atoms in total. The zero-order valence-electron chi connectivity index (χ0n) is 27.0. The first kappa shape index (κ1) is 26.1. The summed E-state index contributed by atoms with van der Waals surface area (Å²) in [6.45, 7) is 0. The van der Waals surface area contributed by atoms with Crippen molar-refractivity contribution in [1.29, 1.82) is 0 Å². The first-order valence-electron chi connectivity index (χ1n) is 17.7. The van der Waals surface area contributed by atoms with Gasteiger partial charge in [-0.05, 0) is 81.3 Å². The van der Waals surface area contributed by atoms with Gasteiger partial charge in [-0.2, -0.15) is 0 Å². The maximum absolute atomic E-state index is 2.82. The summed E-state index contributed by atoms with van der Waals surface area (Å²) in [6.07, 6.45) is 2.20. The van der Waals surface area contributed by atoms with E-state index in [0.717, 1.165) is 12.8 Å². The van der Waals surface area contributed by atoms with E-state index in [0.29, 0.717) is 5.92 Å². The van der Waals surface area contributed by atoms with Crippen LogP contribution in [0.2, 0.25) is 0 Å². The molecule has 8 aromatic rings. The number of pyridine rings is 2. The van der Waals surface area contributed by atoms with Crippen LogP contribution in [-0.4, -0.2) is 0 Å². The number of hydrogen-bond donors (Lipinski definition) is 0. The number of nitrogens with zero attached hydrogens (tertiary/aromatic N) is 2. The molecule has 5 heterocycles. The first-order chi connectivity index (χ1) is 24.3. The van der Waals surface area contributed by atoms with Crippen molar-refractivity contribution in [3.63, 3.8) is 0 Å². The third-order valence-electron chi connectivity index (χ3n) is 12.2. The fourth-order valence-electron chi connectivity index (χ4n) is 10.5. The van der Waals surface area contributed by atoms with Crippen LogP contribution in [0.3, 0.4) is 0 Å². The van der Waals surface area contributed by atoms with Crippen molar-refractivity contribution in [3.8, 4) is 33.6 Å². The lowest BCUT2D eigenvalue weighted by Gasteiger charge is -2.40. The standard InChI is InChI=1S/C47H32N2/c1-4-16-32-29(13-1)25-26-39-35-19-7-8-22-38(35)45-34-18-6-3-15-31(34)28-43-47(40-23-11-9-20-36(40)37-21-10-12-24-41(37)47)42-27-30-14-2-5-17-33(30)44(32)48(42)46(39)49(43)45/h1-24,27-28,39,46H,25-26H2/q+2/t39-,46?/m0/s1. The molecule has 2 heteroatoms. The molecule has 49 heavy (non-hydrogen) atoms. The lowest BCUT2D eigenvalue weighted by atomic mass is 9.67. The van der Waals surface area contributed by atoms with Crippen molar-refractivity contribution in [2.75, 3.05) is 0 Å². The second-order valence-corrected chi connectivity index (χ2v) is 14.3. The van der Waals surface area contributed by atoms with E-state index >= 15 is 0 Å². The van der Waals surface area contributed by atoms with Crippen molar-refractivity contribution in [3.05, 3.63) is 191 Å². The number of aromatic nitrogens is 2. The van der Waals surface area contributed by atoms with Gasteiger partial charge in [-0.3, -0.25) is 0 Å². The molecule has 0 N–H and O–H groups in total. The molecule has 12 rings (SSSR count). The average Bonchev–Trinajstić information content (AvgIpc) is 3.45. The van der Waals surface area contributed by atoms with Crippen LogP contribution in [-0.2, 0) is 11.8 Å². The molecule has 0 radical (unpaired) electrons. The van der Waals surface area contributed by atoms with Crippen LogP contribution in [0.15, 0.2) is 158 Å². The van der Waals surface area contributed by atoms with E-state index in [-0.39, 0.29) is 6.17 Å². The van der Waals surface area contributed by atoms with Gasteiger partial charge in [0.25, 0.3) is 0 Å². The van der Waals surface area contributed by atoms with Crippen molar-refractivity contribution in [1.82, 2.24) is 0 Å². The molecule has 1 unspecified atom stereocenters. The number of benzene rings is 6. The SMILES string of the molecule is c1ccc2c(c1)CC[C@H]1c3ccccc3-c3c4ccccc4cc4[n+]3C1[n+]1c(cc3ccccc3c1-2)C41c2ccccc2-c2ccccc21. The Bertz CT molecular complexity index is 2700. The highest BCUT2D eigenvalue weighted by molar-refractivity contribution is 5.97. The van der Waals surface area contributed by atoms with E-state index in [9.17, 15) is 0 Å². The van der Waals surface area contributed by atoms with E-state index < -0.39 is 5.41 Å². The molecule has 228 valence electrons. The Morgan fingerprint density at radius 1 is 0.469 bits per heavy atom. The summed E-state index contributed by atoms with van der Waals surface area (Å²) in [7, 11) is 0. The number of rotatable bonds is 0. The normalized spacial score (nSPS) is 18.2. The van der Waals surface area contributed by atoms with E-state index in [1.807, 2.05) is 0 Å². The highest BCUT2D eigenvalue weighted by atomic mass is 15.3. The minimum absolute atomic E-state index is 0.0815. The third kappa shape index (κ3) is 3.05. The Labute approximate surface area is 285 Å². The van der Waals surface area contributed by atoms with Crippen LogP contribution in [0, 0.1) is 0 Å². The number of aryl methyl sites for hydroxylation is 1. The fourth-order valence-corrected chi connectivity index (χ4v) is 10.5. The molecule has 4 aliphatic rings. The summed E-state index contributed by atoms with van der Waals surface area (Å²) in [6, 6.07) is 60.3. The Morgan fingerprint density at radius 2 is 0.959 bits per heavy atom. The van der Waals surface area contributed by atoms with Gasteiger partial charge in [0, 0.05) is 12.1 Å². The minimum atomic E-state index is -0.522. The zero-order chi connectivity index (χ0) is 31.8. The Morgan fingerprint density at radius 3 is 1.61 bits per heavy atom. The fraction of sp³-hybridized carbons (Fsp3) is 0.106. The second-order valence-electron chi connectivity index (χ2n) is 14.3. The molecule has 0 saturated carbocycles. The van der Waals surface area contributed by atoms with Gasteiger partial charge in [0.1, 0.15) is 5.92 Å². The predicted octanol–water partition coefficient (Wildman–Crippen LogP) is 9.67. The first-order valence-corrected chi connectivity index (χ1v) is 17.7. The molecule has 0 fully saturated rings. The molecule has 2 aromatic heterocycles. The average molecular weight is 625 g/mol. The van der Waals surface area contributed by atoms with Crippen molar-refractivity contribution < 1.29 is 9.13 Å². The van der Waals surface area contributed by atoms with Crippen LogP contribution >= 0.6 is 0 Å². The van der Waals surface area contributed by atoms with Crippen LogP contribution in [0.25, 0.3) is 55.2 Å². The maximum atomic E-state index is 2.82. The van der Waals surface area contributed by atoms with Crippen molar-refractivity contribution in [2.45, 2.75) is 30.3 Å². The van der Waals surface area contributed by atoms with Gasteiger partial charge in [-0.15, -0.1) is 9.13 Å². The van der Waals surface area contributed by atoms with Gasteiger partial charge in [-0.1, -0.05) is 121 Å². The lowest BCUT2D eigenvalue weighted by molar-refractivity contribution is -0.956. The predicted molar refractivity (Wildman–Crippen MR) is 196 cm³/mol. The molecule has 1 spiro atoms. The quantitative estimate of drug-likeness (QED) is 0.149. The highest BCUT2D eigenvalue weighted by Crippen LogP contribution is 2.59. The molecule has 0 amide bonds. The Kier molecular flexibility index (Phi) is 4.90. The van der Waals surface area contributed by atoms with E-state index in [1.165, 1.54) is 88.8 Å². The van der Waals surface area contributed by atoms with Crippen LogP contribution < -0.4 is 9.13 Å². The van der Waals surface area contributed by atoms with Crippen LogP contribution in [0.5, 0.6) is 0 Å². The topological polar surface area (TPSA) is 7.76 Å². The smallest absolute Gasteiger partial charge is 0.131 e. The molecule has 6 aromatic carbocycles. The highest BCUT2D eigenvalue weighted by Gasteiger charge is 2.66.